The van der Waals surface area contributed by atoms with Crippen molar-refractivity contribution in [2.45, 2.75) is 44.5 Å². The van der Waals surface area contributed by atoms with Crippen LogP contribution in [0.25, 0.3) is 11.3 Å². The third-order valence-corrected chi connectivity index (χ3v) is 6.94. The lowest BCUT2D eigenvalue weighted by molar-refractivity contribution is -0.274. The van der Waals surface area contributed by atoms with Crippen LogP contribution < -0.4 is 15.4 Å². The Morgan fingerprint density at radius 2 is 1.67 bits per heavy atom. The van der Waals surface area contributed by atoms with Gasteiger partial charge in [-0.25, -0.2) is 9.18 Å². The monoisotopic (exact) mass is 582 g/mol. The van der Waals surface area contributed by atoms with E-state index < -0.39 is 24.1 Å². The van der Waals surface area contributed by atoms with Gasteiger partial charge < -0.3 is 20.5 Å². The predicted molar refractivity (Wildman–Crippen MR) is 146 cm³/mol. The number of aromatic nitrogens is 2. The molecule has 0 radical (unpaired) electrons. The van der Waals surface area contributed by atoms with Gasteiger partial charge in [0.1, 0.15) is 17.3 Å². The summed E-state index contributed by atoms with van der Waals surface area (Å²) in [6, 6.07) is 15.8. The van der Waals surface area contributed by atoms with Gasteiger partial charge in [-0.05, 0) is 79.1 Å². The average molecular weight is 583 g/mol. The van der Waals surface area contributed by atoms with Crippen LogP contribution in [0, 0.1) is 5.82 Å². The number of ether oxygens (including phenoxy) is 1. The van der Waals surface area contributed by atoms with E-state index in [1.165, 1.54) is 47.1 Å². The van der Waals surface area contributed by atoms with Crippen molar-refractivity contribution in [3.63, 3.8) is 0 Å². The highest BCUT2D eigenvalue weighted by atomic mass is 19.4. The van der Waals surface area contributed by atoms with Gasteiger partial charge >= 0.3 is 12.4 Å². The maximum Gasteiger partial charge on any atom is 0.573 e. The summed E-state index contributed by atoms with van der Waals surface area (Å²) in [6.07, 6.45) is -1.06. The molecule has 1 aliphatic rings. The summed E-state index contributed by atoms with van der Waals surface area (Å²) in [6.45, 7) is 0.161. The molecule has 0 saturated heterocycles. The molecule has 8 nitrogen and oxygen atoms in total. The van der Waals surface area contributed by atoms with Crippen molar-refractivity contribution in [2.75, 3.05) is 5.32 Å². The molecule has 0 bridgehead atoms. The smallest absolute Gasteiger partial charge is 0.507 e. The first-order valence-electron chi connectivity index (χ1n) is 13.2. The molecular weight excluding hydrogens is 556 g/mol. The summed E-state index contributed by atoms with van der Waals surface area (Å²) in [5.41, 5.74) is 2.37. The number of rotatable bonds is 7. The van der Waals surface area contributed by atoms with Crippen molar-refractivity contribution in [3.8, 4) is 22.8 Å². The van der Waals surface area contributed by atoms with Crippen LogP contribution in [0.15, 0.2) is 72.8 Å². The number of carbonyl (C=O) groups excluding carboxylic acids is 2. The molecule has 3 aromatic carbocycles. The van der Waals surface area contributed by atoms with Crippen LogP contribution in [0.5, 0.6) is 11.5 Å². The number of alkyl halides is 3. The molecule has 42 heavy (non-hydrogen) atoms. The lowest BCUT2D eigenvalue weighted by Crippen LogP contribution is -2.30. The minimum atomic E-state index is -4.85. The van der Waals surface area contributed by atoms with E-state index in [0.717, 1.165) is 37.8 Å². The number of hydrogen-bond donors (Lipinski definition) is 3. The molecule has 0 aliphatic heterocycles. The fraction of sp³-hybridized carbons (Fsp3) is 0.233. The van der Waals surface area contributed by atoms with Crippen molar-refractivity contribution in [2.24, 2.45) is 0 Å². The van der Waals surface area contributed by atoms with E-state index in [2.05, 4.69) is 20.5 Å². The van der Waals surface area contributed by atoms with Gasteiger partial charge in [0.25, 0.3) is 5.91 Å². The normalized spacial score (nSPS) is 13.6. The van der Waals surface area contributed by atoms with E-state index in [-0.39, 0.29) is 35.2 Å². The van der Waals surface area contributed by atoms with Gasteiger partial charge in [0.2, 0.25) is 0 Å². The number of nitrogens with one attached hydrogen (secondary N) is 2. The van der Waals surface area contributed by atoms with Crippen LogP contribution in [0.1, 0.15) is 53.2 Å². The minimum Gasteiger partial charge on any atom is -0.507 e. The zero-order chi connectivity index (χ0) is 29.9. The van der Waals surface area contributed by atoms with E-state index in [1.807, 2.05) is 0 Å². The first-order chi connectivity index (χ1) is 20.1. The third-order valence-electron chi connectivity index (χ3n) is 6.94. The molecule has 0 atom stereocenters. The maximum absolute atomic E-state index is 13.2. The van der Waals surface area contributed by atoms with Gasteiger partial charge in [-0.15, -0.1) is 13.2 Å². The van der Waals surface area contributed by atoms with Crippen molar-refractivity contribution >= 4 is 17.6 Å². The molecule has 3 N–H and O–H groups in total. The Morgan fingerprint density at radius 1 is 0.976 bits per heavy atom. The lowest BCUT2D eigenvalue weighted by atomic mass is 10.0. The van der Waals surface area contributed by atoms with Crippen molar-refractivity contribution < 1.29 is 37.0 Å². The number of halogens is 4. The second-order valence-electron chi connectivity index (χ2n) is 9.89. The van der Waals surface area contributed by atoms with Gasteiger partial charge in [-0.3, -0.25) is 4.79 Å². The van der Waals surface area contributed by atoms with Crippen LogP contribution in [-0.4, -0.2) is 33.2 Å². The molecule has 0 spiro atoms. The first-order valence-corrected chi connectivity index (χ1v) is 13.2. The highest BCUT2D eigenvalue weighted by Crippen LogP contribution is 2.38. The van der Waals surface area contributed by atoms with Gasteiger partial charge in [-0.2, -0.15) is 9.78 Å². The summed E-state index contributed by atoms with van der Waals surface area (Å²) in [4.78, 5) is 25.9. The third kappa shape index (κ3) is 6.88. The molecular formula is C30H26F4N4O4. The van der Waals surface area contributed by atoms with Crippen LogP contribution in [0.2, 0.25) is 0 Å². The number of anilines is 1. The Morgan fingerprint density at radius 3 is 2.33 bits per heavy atom. The summed E-state index contributed by atoms with van der Waals surface area (Å²) in [5.74, 6) is -1.46. The van der Waals surface area contributed by atoms with Crippen molar-refractivity contribution in [3.05, 3.63) is 95.4 Å². The van der Waals surface area contributed by atoms with Crippen molar-refractivity contribution in [1.82, 2.24) is 15.1 Å². The fourth-order valence-corrected chi connectivity index (χ4v) is 4.89. The summed E-state index contributed by atoms with van der Waals surface area (Å²) in [7, 11) is 0. The fourth-order valence-electron chi connectivity index (χ4n) is 4.89. The molecule has 1 aliphatic carbocycles. The molecule has 1 aromatic heterocycles. The van der Waals surface area contributed by atoms with Crippen molar-refractivity contribution in [1.29, 1.82) is 0 Å². The Balaban J connectivity index is 1.36. The number of hydrogen-bond acceptors (Lipinski definition) is 5. The molecule has 5 rings (SSSR count). The topological polar surface area (TPSA) is 105 Å². The SMILES string of the molecule is O=C(Nc1ccc(O)c(-c2cc(C3CCCC3)n(C(=O)NCc3ccc(F)cc3)n2)c1)c1ccc(OC(F)(F)F)cc1. The molecule has 218 valence electrons. The molecule has 4 aromatic rings. The van der Waals surface area contributed by atoms with Gasteiger partial charge in [0.15, 0.2) is 0 Å². The van der Waals surface area contributed by atoms with E-state index in [9.17, 15) is 32.3 Å². The Kier molecular flexibility index (Phi) is 8.14. The van der Waals surface area contributed by atoms with Crippen LogP contribution in [-0.2, 0) is 6.54 Å². The van der Waals surface area contributed by atoms with Gasteiger partial charge in [-0.1, -0.05) is 25.0 Å². The number of amides is 2. The summed E-state index contributed by atoms with van der Waals surface area (Å²) < 4.78 is 55.6. The zero-order valence-corrected chi connectivity index (χ0v) is 22.1. The van der Waals surface area contributed by atoms with Gasteiger partial charge in [0.05, 0.1) is 11.4 Å². The van der Waals surface area contributed by atoms with E-state index in [1.54, 1.807) is 18.2 Å². The molecule has 1 heterocycles. The Bertz CT molecular complexity index is 1580. The Hall–Kier alpha value is -4.87. The molecule has 2 amide bonds. The second kappa shape index (κ2) is 11.9. The van der Waals surface area contributed by atoms with E-state index in [4.69, 9.17) is 0 Å². The number of phenols is 1. The molecule has 0 unspecified atom stereocenters. The van der Waals surface area contributed by atoms with Crippen LogP contribution >= 0.6 is 0 Å². The second-order valence-corrected chi connectivity index (χ2v) is 9.89. The molecule has 12 heteroatoms. The first kappa shape index (κ1) is 28.7. The number of nitrogens with zero attached hydrogens (tertiary/aromatic N) is 2. The van der Waals surface area contributed by atoms with E-state index >= 15 is 0 Å². The number of aromatic hydroxyl groups is 1. The number of carbonyl (C=O) groups is 2. The largest absolute Gasteiger partial charge is 0.573 e. The standard InChI is InChI=1S/C30H26F4N4O4/c31-21-9-5-18(6-10-21)17-35-29(41)38-26(19-3-1-2-4-19)16-25(37-38)24-15-22(11-14-27(24)39)36-28(40)20-7-12-23(13-8-20)42-30(32,33)34/h5-16,19,39H,1-4,17H2,(H,35,41)(H,36,40). The van der Waals surface area contributed by atoms with E-state index in [0.29, 0.717) is 22.6 Å². The highest BCUT2D eigenvalue weighted by molar-refractivity contribution is 6.04. The maximum atomic E-state index is 13.2. The molecule has 1 saturated carbocycles. The zero-order valence-electron chi connectivity index (χ0n) is 22.1. The minimum absolute atomic E-state index is 0.0878. The average Bonchev–Trinajstić information content (AvgIpc) is 3.64. The predicted octanol–water partition coefficient (Wildman–Crippen LogP) is 6.96. The quantitative estimate of drug-likeness (QED) is 0.161. The van der Waals surface area contributed by atoms with Crippen LogP contribution in [0.4, 0.5) is 28.0 Å². The summed E-state index contributed by atoms with van der Waals surface area (Å²) in [5, 5.41) is 20.6. The number of benzene rings is 3. The molecule has 1 fully saturated rings. The highest BCUT2D eigenvalue weighted by Gasteiger charge is 2.31. The van der Waals surface area contributed by atoms with Crippen LogP contribution in [0.3, 0.4) is 0 Å². The summed E-state index contributed by atoms with van der Waals surface area (Å²) >= 11 is 0. The lowest BCUT2D eigenvalue weighted by Gasteiger charge is -2.12. The Labute approximate surface area is 237 Å². The van der Waals surface area contributed by atoms with Gasteiger partial charge in [0, 0.05) is 29.3 Å². The number of phenolic OH excluding ortho intramolecular Hbond substituents is 1.